The van der Waals surface area contributed by atoms with E-state index in [9.17, 15) is 4.79 Å². The Labute approximate surface area is 187 Å². The summed E-state index contributed by atoms with van der Waals surface area (Å²) in [6, 6.07) is 16.0. The number of rotatable bonds is 5. The zero-order valence-electron chi connectivity index (χ0n) is 15.7. The number of halogens is 2. The first-order valence-corrected chi connectivity index (χ1v) is 9.31. The quantitative estimate of drug-likeness (QED) is 0.327. The normalized spacial score (nSPS) is 14.1. The predicted octanol–water partition coefficient (Wildman–Crippen LogP) is 2.76. The molecule has 0 aromatic heterocycles. The van der Waals surface area contributed by atoms with E-state index in [4.69, 9.17) is 11.6 Å². The lowest BCUT2D eigenvalue weighted by Gasteiger charge is -2.28. The molecule has 0 aliphatic carbocycles. The lowest BCUT2D eigenvalue weighted by Crippen LogP contribution is -2.47. The summed E-state index contributed by atoms with van der Waals surface area (Å²) in [5, 5.41) is 10.2. The molecule has 150 valence electrons. The number of aliphatic imine (C=N–C) groups is 1. The van der Waals surface area contributed by atoms with Crippen LogP contribution in [0, 0.1) is 0 Å². The zero-order chi connectivity index (χ0) is 19.1. The Morgan fingerprint density at radius 1 is 1.14 bits per heavy atom. The summed E-state index contributed by atoms with van der Waals surface area (Å²) >= 11 is 6.01. The van der Waals surface area contributed by atoms with Gasteiger partial charge in [0.1, 0.15) is 0 Å². The molecule has 0 bridgehead atoms. The van der Waals surface area contributed by atoms with Crippen LogP contribution in [-0.2, 0) is 17.9 Å². The summed E-state index contributed by atoms with van der Waals surface area (Å²) in [7, 11) is 1.75. The number of benzene rings is 2. The van der Waals surface area contributed by atoms with Crippen LogP contribution in [0.5, 0.6) is 0 Å². The molecule has 0 radical (unpaired) electrons. The largest absolute Gasteiger partial charge is 0.360 e. The van der Waals surface area contributed by atoms with Crippen molar-refractivity contribution in [3.05, 3.63) is 64.7 Å². The fourth-order valence-corrected chi connectivity index (χ4v) is 3.14. The minimum absolute atomic E-state index is 0. The third-order valence-electron chi connectivity index (χ3n) is 4.37. The van der Waals surface area contributed by atoms with Crippen molar-refractivity contribution in [3.8, 4) is 0 Å². The van der Waals surface area contributed by atoms with E-state index in [1.807, 2.05) is 24.3 Å². The second-order valence-corrected chi connectivity index (χ2v) is 6.78. The number of guanidine groups is 1. The molecule has 1 amide bonds. The molecular weight excluding hydrogens is 489 g/mol. The van der Waals surface area contributed by atoms with E-state index in [1.165, 1.54) is 0 Å². The molecule has 28 heavy (non-hydrogen) atoms. The maximum absolute atomic E-state index is 11.5. The molecule has 8 heteroatoms. The second-order valence-electron chi connectivity index (χ2n) is 6.35. The van der Waals surface area contributed by atoms with Crippen molar-refractivity contribution in [2.45, 2.75) is 13.1 Å². The van der Waals surface area contributed by atoms with Gasteiger partial charge in [0.15, 0.2) is 5.96 Å². The van der Waals surface area contributed by atoms with Crippen molar-refractivity contribution in [1.82, 2.24) is 16.0 Å². The predicted molar refractivity (Wildman–Crippen MR) is 126 cm³/mol. The summed E-state index contributed by atoms with van der Waals surface area (Å²) in [6.45, 7) is 3.25. The Hall–Kier alpha value is -2.00. The van der Waals surface area contributed by atoms with Gasteiger partial charge in [-0.05, 0) is 35.4 Å². The number of nitrogens with one attached hydrogen (secondary N) is 3. The fourth-order valence-electron chi connectivity index (χ4n) is 2.92. The highest BCUT2D eigenvalue weighted by atomic mass is 127. The number of piperazine rings is 1. The van der Waals surface area contributed by atoms with Gasteiger partial charge in [-0.15, -0.1) is 24.0 Å². The Morgan fingerprint density at radius 3 is 2.50 bits per heavy atom. The van der Waals surface area contributed by atoms with E-state index in [1.54, 1.807) is 7.05 Å². The maximum Gasteiger partial charge on any atom is 0.239 e. The number of nitrogens with zero attached hydrogens (tertiary/aromatic N) is 2. The zero-order valence-corrected chi connectivity index (χ0v) is 18.8. The molecule has 3 N–H and O–H groups in total. The van der Waals surface area contributed by atoms with E-state index in [0.717, 1.165) is 34.3 Å². The van der Waals surface area contributed by atoms with Crippen LogP contribution in [0.3, 0.4) is 0 Å². The Kier molecular flexibility index (Phi) is 8.85. The molecule has 1 heterocycles. The van der Waals surface area contributed by atoms with Crippen molar-refractivity contribution in [2.24, 2.45) is 4.99 Å². The van der Waals surface area contributed by atoms with Gasteiger partial charge in [-0.2, -0.15) is 0 Å². The van der Waals surface area contributed by atoms with Crippen LogP contribution in [0.25, 0.3) is 0 Å². The molecule has 2 aromatic carbocycles. The highest BCUT2D eigenvalue weighted by Gasteiger charge is 2.16. The van der Waals surface area contributed by atoms with E-state index < -0.39 is 0 Å². The summed E-state index contributed by atoms with van der Waals surface area (Å²) in [4.78, 5) is 17.9. The molecule has 0 atom stereocenters. The lowest BCUT2D eigenvalue weighted by atomic mass is 10.2. The standard InChI is InChI=1S/C20H24ClN5O.HI/c1-22-20(25-13-16-3-2-4-17(21)11-16)24-12-15-5-7-18(8-6-15)26-10-9-23-19(27)14-26;/h2-8,11H,9-10,12-14H2,1H3,(H,23,27)(H2,22,24,25);1H. The van der Waals surface area contributed by atoms with E-state index in [0.29, 0.717) is 26.2 Å². The van der Waals surface area contributed by atoms with Gasteiger partial charge in [-0.25, -0.2) is 0 Å². The van der Waals surface area contributed by atoms with Gasteiger partial charge in [0.05, 0.1) is 6.54 Å². The molecule has 3 rings (SSSR count). The van der Waals surface area contributed by atoms with Gasteiger partial charge in [0, 0.05) is 43.9 Å². The van der Waals surface area contributed by atoms with Gasteiger partial charge < -0.3 is 20.9 Å². The van der Waals surface area contributed by atoms with E-state index in [-0.39, 0.29) is 29.9 Å². The molecule has 1 saturated heterocycles. The minimum Gasteiger partial charge on any atom is -0.360 e. The number of amides is 1. The SMILES string of the molecule is CN=C(NCc1ccc(N2CCNC(=O)C2)cc1)NCc1cccc(Cl)c1.I. The van der Waals surface area contributed by atoms with E-state index >= 15 is 0 Å². The lowest BCUT2D eigenvalue weighted by molar-refractivity contribution is -0.120. The highest BCUT2D eigenvalue weighted by Crippen LogP contribution is 2.16. The Morgan fingerprint density at radius 2 is 1.86 bits per heavy atom. The molecule has 1 fully saturated rings. The van der Waals surface area contributed by atoms with Crippen LogP contribution in [0.4, 0.5) is 5.69 Å². The Balaban J connectivity index is 0.00000280. The average Bonchev–Trinajstić information content (AvgIpc) is 2.69. The van der Waals surface area contributed by atoms with Crippen molar-refractivity contribution in [3.63, 3.8) is 0 Å². The van der Waals surface area contributed by atoms with Crippen LogP contribution in [0.1, 0.15) is 11.1 Å². The summed E-state index contributed by atoms with van der Waals surface area (Å²) in [6.07, 6.45) is 0. The molecule has 0 unspecified atom stereocenters. The number of hydrogen-bond acceptors (Lipinski definition) is 3. The first-order chi connectivity index (χ1) is 13.1. The molecule has 6 nitrogen and oxygen atoms in total. The first-order valence-electron chi connectivity index (χ1n) is 8.93. The van der Waals surface area contributed by atoms with Crippen LogP contribution in [-0.4, -0.2) is 38.5 Å². The summed E-state index contributed by atoms with van der Waals surface area (Å²) in [5.74, 6) is 0.799. The van der Waals surface area contributed by atoms with Gasteiger partial charge >= 0.3 is 0 Å². The van der Waals surface area contributed by atoms with Crippen molar-refractivity contribution < 1.29 is 4.79 Å². The van der Waals surface area contributed by atoms with E-state index in [2.05, 4.69) is 50.1 Å². The monoisotopic (exact) mass is 513 g/mol. The highest BCUT2D eigenvalue weighted by molar-refractivity contribution is 14.0. The summed E-state index contributed by atoms with van der Waals surface area (Å²) < 4.78 is 0. The smallest absolute Gasteiger partial charge is 0.239 e. The first kappa shape index (κ1) is 22.3. The fraction of sp³-hybridized carbons (Fsp3) is 0.300. The molecule has 1 aliphatic heterocycles. The number of carbonyl (C=O) groups excluding carboxylic acids is 1. The Bertz CT molecular complexity index is 812. The van der Waals surface area contributed by atoms with Gasteiger partial charge in [-0.3, -0.25) is 9.79 Å². The van der Waals surface area contributed by atoms with Gasteiger partial charge in [-0.1, -0.05) is 35.9 Å². The summed E-state index contributed by atoms with van der Waals surface area (Å²) in [5.41, 5.74) is 3.31. The third-order valence-corrected chi connectivity index (χ3v) is 4.61. The van der Waals surface area contributed by atoms with Gasteiger partial charge in [0.25, 0.3) is 0 Å². The molecule has 2 aromatic rings. The second kappa shape index (κ2) is 11.1. The van der Waals surface area contributed by atoms with Gasteiger partial charge in [0.2, 0.25) is 5.91 Å². The average molecular weight is 514 g/mol. The van der Waals surface area contributed by atoms with Crippen LogP contribution in [0.2, 0.25) is 5.02 Å². The number of carbonyl (C=O) groups is 1. The third kappa shape index (κ3) is 6.56. The maximum atomic E-state index is 11.5. The topological polar surface area (TPSA) is 68.8 Å². The van der Waals surface area contributed by atoms with Crippen LogP contribution >= 0.6 is 35.6 Å². The van der Waals surface area contributed by atoms with Crippen LogP contribution < -0.4 is 20.9 Å². The van der Waals surface area contributed by atoms with Crippen molar-refractivity contribution in [2.75, 3.05) is 31.6 Å². The minimum atomic E-state index is 0. The van der Waals surface area contributed by atoms with Crippen molar-refractivity contribution in [1.29, 1.82) is 0 Å². The molecule has 1 aliphatic rings. The number of anilines is 1. The van der Waals surface area contributed by atoms with Crippen molar-refractivity contribution >= 4 is 53.1 Å². The molecular formula is C20H25ClIN5O. The van der Waals surface area contributed by atoms with Crippen LogP contribution in [0.15, 0.2) is 53.5 Å². The number of hydrogen-bond donors (Lipinski definition) is 3. The molecule has 0 saturated carbocycles. The molecule has 0 spiro atoms.